The Labute approximate surface area is 131 Å². The molecule has 118 valence electrons. The van der Waals surface area contributed by atoms with E-state index in [9.17, 15) is 5.11 Å². The molecule has 4 nitrogen and oxygen atoms in total. The van der Waals surface area contributed by atoms with Gasteiger partial charge in [0.15, 0.2) is 0 Å². The molecule has 1 aromatic carbocycles. The fraction of sp³-hybridized carbons (Fsp3) is 0.500. The summed E-state index contributed by atoms with van der Waals surface area (Å²) in [5.74, 6) is 2.33. The summed E-state index contributed by atoms with van der Waals surface area (Å²) < 4.78 is 7.62. The first-order chi connectivity index (χ1) is 10.7. The van der Waals surface area contributed by atoms with E-state index < -0.39 is 0 Å². The topological polar surface area (TPSA) is 47.3 Å². The van der Waals surface area contributed by atoms with Gasteiger partial charge in [-0.25, -0.2) is 4.98 Å². The molecule has 2 atom stereocenters. The number of benzene rings is 1. The molecule has 1 saturated carbocycles. The number of ether oxygens (including phenoxy) is 1. The van der Waals surface area contributed by atoms with Crippen LogP contribution in [0.1, 0.15) is 37.3 Å². The van der Waals surface area contributed by atoms with Gasteiger partial charge in [-0.1, -0.05) is 6.42 Å². The molecular weight excluding hydrogens is 276 g/mol. The van der Waals surface area contributed by atoms with Crippen molar-refractivity contribution in [2.24, 2.45) is 5.92 Å². The maximum atomic E-state index is 9.45. The first-order valence-corrected chi connectivity index (χ1v) is 8.01. The number of hydrogen-bond acceptors (Lipinski definition) is 3. The Kier molecular flexibility index (Phi) is 4.48. The lowest BCUT2D eigenvalue weighted by Gasteiger charge is -2.30. The number of imidazole rings is 1. The molecule has 1 aromatic heterocycles. The van der Waals surface area contributed by atoms with Crippen LogP contribution in [0.15, 0.2) is 30.6 Å². The molecule has 4 heteroatoms. The molecular formula is C18H24N2O2. The summed E-state index contributed by atoms with van der Waals surface area (Å²) >= 11 is 0. The molecule has 0 saturated heterocycles. The van der Waals surface area contributed by atoms with Gasteiger partial charge in [-0.2, -0.15) is 0 Å². The monoisotopic (exact) mass is 300 g/mol. The second-order valence-corrected chi connectivity index (χ2v) is 6.21. The van der Waals surface area contributed by atoms with Crippen LogP contribution in [0.3, 0.4) is 0 Å². The Balaban J connectivity index is 1.90. The van der Waals surface area contributed by atoms with E-state index in [-0.39, 0.29) is 0 Å². The lowest BCUT2D eigenvalue weighted by atomic mass is 9.86. The quantitative estimate of drug-likeness (QED) is 0.938. The fourth-order valence-corrected chi connectivity index (χ4v) is 3.53. The zero-order chi connectivity index (χ0) is 15.5. The Morgan fingerprint density at radius 2 is 2.23 bits per heavy atom. The van der Waals surface area contributed by atoms with Gasteiger partial charge in [0.2, 0.25) is 0 Å². The highest BCUT2D eigenvalue weighted by Gasteiger charge is 2.24. The van der Waals surface area contributed by atoms with Gasteiger partial charge < -0.3 is 14.4 Å². The van der Waals surface area contributed by atoms with Crippen LogP contribution in [0.5, 0.6) is 5.75 Å². The zero-order valence-electron chi connectivity index (χ0n) is 13.3. The maximum Gasteiger partial charge on any atom is 0.140 e. The number of methoxy groups -OCH3 is 1. The van der Waals surface area contributed by atoms with E-state index >= 15 is 0 Å². The van der Waals surface area contributed by atoms with Gasteiger partial charge in [0.05, 0.1) is 7.11 Å². The third-order valence-corrected chi connectivity index (χ3v) is 4.73. The molecule has 1 aliphatic carbocycles. The van der Waals surface area contributed by atoms with Crippen LogP contribution in [0.25, 0.3) is 11.4 Å². The largest absolute Gasteiger partial charge is 0.496 e. The maximum absolute atomic E-state index is 9.45. The van der Waals surface area contributed by atoms with Crippen LogP contribution in [-0.4, -0.2) is 28.4 Å². The van der Waals surface area contributed by atoms with Crippen LogP contribution in [0.4, 0.5) is 0 Å². The average Bonchev–Trinajstić information content (AvgIpc) is 3.04. The predicted octanol–water partition coefficient (Wildman–Crippen LogP) is 3.59. The average molecular weight is 300 g/mol. The first-order valence-electron chi connectivity index (χ1n) is 8.01. The van der Waals surface area contributed by atoms with Crippen LogP contribution < -0.4 is 4.74 Å². The van der Waals surface area contributed by atoms with Crippen molar-refractivity contribution in [2.75, 3.05) is 13.7 Å². The van der Waals surface area contributed by atoms with E-state index in [0.29, 0.717) is 18.6 Å². The molecule has 1 N–H and O–H groups in total. The molecule has 0 aliphatic heterocycles. The van der Waals surface area contributed by atoms with Gasteiger partial charge in [0.1, 0.15) is 11.6 Å². The van der Waals surface area contributed by atoms with Crippen LogP contribution in [0, 0.1) is 12.8 Å². The number of hydrogen-bond donors (Lipinski definition) is 1. The smallest absolute Gasteiger partial charge is 0.140 e. The van der Waals surface area contributed by atoms with E-state index in [1.807, 2.05) is 12.3 Å². The second kappa shape index (κ2) is 6.53. The zero-order valence-corrected chi connectivity index (χ0v) is 13.3. The highest BCUT2D eigenvalue weighted by atomic mass is 16.5. The van der Waals surface area contributed by atoms with Crippen molar-refractivity contribution >= 4 is 0 Å². The standard InChI is InChI=1S/C18H24N2O2/c1-13-10-15(6-7-17(13)22-2)18-19-8-9-20(18)16-5-3-4-14(11-16)12-21/h6-10,14,16,21H,3-5,11-12H2,1-2H3/t14-,16-/m1/s1. The summed E-state index contributed by atoms with van der Waals surface area (Å²) in [6.07, 6.45) is 8.45. The Morgan fingerprint density at radius 1 is 1.36 bits per heavy atom. The van der Waals surface area contributed by atoms with Crippen molar-refractivity contribution in [3.05, 3.63) is 36.2 Å². The molecule has 0 radical (unpaired) electrons. The lowest BCUT2D eigenvalue weighted by Crippen LogP contribution is -2.21. The fourth-order valence-electron chi connectivity index (χ4n) is 3.53. The SMILES string of the molecule is COc1ccc(-c2nccn2[C@@H]2CCC[C@@H](CO)C2)cc1C. The number of rotatable bonds is 4. The summed E-state index contributed by atoms with van der Waals surface area (Å²) in [5.41, 5.74) is 2.24. The van der Waals surface area contributed by atoms with Gasteiger partial charge >= 0.3 is 0 Å². The van der Waals surface area contributed by atoms with Crippen molar-refractivity contribution in [2.45, 2.75) is 38.6 Å². The molecule has 2 aromatic rings. The molecule has 0 bridgehead atoms. The number of aromatic nitrogens is 2. The minimum Gasteiger partial charge on any atom is -0.496 e. The van der Waals surface area contributed by atoms with Crippen LogP contribution in [-0.2, 0) is 0 Å². The lowest BCUT2D eigenvalue weighted by molar-refractivity contribution is 0.163. The van der Waals surface area contributed by atoms with Gasteiger partial charge in [0, 0.05) is 30.6 Å². The third-order valence-electron chi connectivity index (χ3n) is 4.73. The summed E-state index contributed by atoms with van der Waals surface area (Å²) in [5, 5.41) is 9.45. The van der Waals surface area contributed by atoms with Gasteiger partial charge in [-0.05, 0) is 55.9 Å². The van der Waals surface area contributed by atoms with Crippen molar-refractivity contribution in [1.82, 2.24) is 9.55 Å². The van der Waals surface area contributed by atoms with Crippen LogP contribution in [0.2, 0.25) is 0 Å². The molecule has 1 heterocycles. The van der Waals surface area contributed by atoms with E-state index in [2.05, 4.69) is 34.8 Å². The number of aliphatic hydroxyl groups is 1. The molecule has 0 spiro atoms. The number of aliphatic hydroxyl groups excluding tert-OH is 1. The third kappa shape index (κ3) is 2.88. The molecule has 22 heavy (non-hydrogen) atoms. The molecule has 0 unspecified atom stereocenters. The van der Waals surface area contributed by atoms with Crippen molar-refractivity contribution in [3.63, 3.8) is 0 Å². The van der Waals surface area contributed by atoms with Gasteiger partial charge in [-0.15, -0.1) is 0 Å². The highest BCUT2D eigenvalue weighted by Crippen LogP contribution is 2.35. The van der Waals surface area contributed by atoms with E-state index in [1.54, 1.807) is 7.11 Å². The van der Waals surface area contributed by atoms with E-state index in [4.69, 9.17) is 4.74 Å². The summed E-state index contributed by atoms with van der Waals surface area (Å²) in [4.78, 5) is 4.57. The van der Waals surface area contributed by atoms with Crippen LogP contribution >= 0.6 is 0 Å². The highest BCUT2D eigenvalue weighted by molar-refractivity contribution is 5.59. The van der Waals surface area contributed by atoms with Crippen molar-refractivity contribution in [1.29, 1.82) is 0 Å². The molecule has 0 amide bonds. The summed E-state index contributed by atoms with van der Waals surface area (Å²) in [6, 6.07) is 6.63. The van der Waals surface area contributed by atoms with Gasteiger partial charge in [0.25, 0.3) is 0 Å². The normalized spacial score (nSPS) is 21.8. The van der Waals surface area contributed by atoms with Crippen molar-refractivity contribution < 1.29 is 9.84 Å². The van der Waals surface area contributed by atoms with E-state index in [1.165, 1.54) is 6.42 Å². The van der Waals surface area contributed by atoms with Gasteiger partial charge in [-0.3, -0.25) is 0 Å². The number of nitrogens with zero attached hydrogens (tertiary/aromatic N) is 2. The Bertz CT molecular complexity index is 636. The summed E-state index contributed by atoms with van der Waals surface area (Å²) in [7, 11) is 1.69. The minimum absolute atomic E-state index is 0.294. The Hall–Kier alpha value is -1.81. The molecule has 3 rings (SSSR count). The predicted molar refractivity (Wildman–Crippen MR) is 87.0 cm³/mol. The number of aryl methyl sites for hydroxylation is 1. The second-order valence-electron chi connectivity index (χ2n) is 6.21. The van der Waals surface area contributed by atoms with Crippen molar-refractivity contribution in [3.8, 4) is 17.1 Å². The summed E-state index contributed by atoms with van der Waals surface area (Å²) in [6.45, 7) is 2.35. The molecule has 1 aliphatic rings. The minimum atomic E-state index is 0.294. The first kappa shape index (κ1) is 15.1. The van der Waals surface area contributed by atoms with E-state index in [0.717, 1.165) is 42.0 Å². The Morgan fingerprint density at radius 3 is 2.95 bits per heavy atom. The molecule has 1 fully saturated rings.